The minimum absolute atomic E-state index is 0.687. The predicted octanol–water partition coefficient (Wildman–Crippen LogP) is 17.1. The minimum atomic E-state index is -3.73. The molecule has 3 aromatic rings. The van der Waals surface area contributed by atoms with Crippen LogP contribution in [0.4, 0.5) is 0 Å². The number of rotatable bonds is 33. The molecule has 0 N–H and O–H groups in total. The maximum absolute atomic E-state index is 15.2. The van der Waals surface area contributed by atoms with Crippen molar-refractivity contribution in [3.05, 3.63) is 89.5 Å². The van der Waals surface area contributed by atoms with Gasteiger partial charge in [-0.25, -0.2) is 4.57 Å². The van der Waals surface area contributed by atoms with Crippen molar-refractivity contribution in [1.29, 1.82) is 0 Å². The first-order valence-electron chi connectivity index (χ1n) is 22.0. The third-order valence-electron chi connectivity index (χ3n) is 10.4. The quantitative estimate of drug-likeness (QED) is 0.0457. The second-order valence-corrected chi connectivity index (χ2v) is 19.0. The third-order valence-corrected chi connectivity index (χ3v) is 13.8. The van der Waals surface area contributed by atoms with Gasteiger partial charge in [0.25, 0.3) is 0 Å². The van der Waals surface area contributed by atoms with E-state index in [1.807, 2.05) is 24.3 Å². The molecule has 296 valence electrons. The van der Waals surface area contributed by atoms with Crippen molar-refractivity contribution in [2.75, 3.05) is 0 Å². The normalized spacial score (nSPS) is 11.6. The van der Waals surface area contributed by atoms with E-state index >= 15 is 4.57 Å². The summed E-state index contributed by atoms with van der Waals surface area (Å²) in [6, 6.07) is 24.8. The average Bonchev–Trinajstić information content (AvgIpc) is 3.16. The molecular formula is C48H75O3PS. The van der Waals surface area contributed by atoms with Gasteiger partial charge >= 0.3 is 6.80 Å². The Hall–Kier alpha value is -2.16. The van der Waals surface area contributed by atoms with E-state index in [4.69, 9.17) is 9.05 Å². The molecule has 0 unspecified atom stereocenters. The molecule has 3 rings (SSSR count). The predicted molar refractivity (Wildman–Crippen MR) is 233 cm³/mol. The van der Waals surface area contributed by atoms with E-state index in [2.05, 4.69) is 69.3 Å². The zero-order valence-corrected chi connectivity index (χ0v) is 35.8. The molecule has 0 bridgehead atoms. The van der Waals surface area contributed by atoms with Gasteiger partial charge in [-0.1, -0.05) is 210 Å². The summed E-state index contributed by atoms with van der Waals surface area (Å²) in [7, 11) is 0. The molecular weight excluding hydrogens is 688 g/mol. The van der Waals surface area contributed by atoms with E-state index in [1.54, 1.807) is 0 Å². The molecule has 0 heterocycles. The molecule has 0 aliphatic rings. The fourth-order valence-corrected chi connectivity index (χ4v) is 10.7. The Kier molecular flexibility index (Phi) is 24.9. The van der Waals surface area contributed by atoms with Crippen molar-refractivity contribution < 1.29 is 13.6 Å². The Morgan fingerprint density at radius 1 is 0.396 bits per heavy atom. The van der Waals surface area contributed by atoms with Crippen molar-refractivity contribution in [2.45, 2.75) is 199 Å². The lowest BCUT2D eigenvalue weighted by atomic mass is 10.0. The van der Waals surface area contributed by atoms with Crippen molar-refractivity contribution in [2.24, 2.45) is 0 Å². The van der Waals surface area contributed by atoms with Gasteiger partial charge in [-0.15, -0.1) is 0 Å². The summed E-state index contributed by atoms with van der Waals surface area (Å²) >= 11 is 1.30. The van der Waals surface area contributed by atoms with Crippen LogP contribution in [0.5, 0.6) is 11.5 Å². The van der Waals surface area contributed by atoms with Crippen molar-refractivity contribution in [1.82, 2.24) is 0 Å². The van der Waals surface area contributed by atoms with Crippen LogP contribution >= 0.6 is 18.2 Å². The maximum atomic E-state index is 15.2. The van der Waals surface area contributed by atoms with Gasteiger partial charge in [-0.05, 0) is 73.4 Å². The van der Waals surface area contributed by atoms with Crippen LogP contribution in [0.1, 0.15) is 192 Å². The van der Waals surface area contributed by atoms with Gasteiger partial charge in [-0.3, -0.25) is 0 Å². The molecule has 0 atom stereocenters. The van der Waals surface area contributed by atoms with Gasteiger partial charge in [0, 0.05) is 16.3 Å². The van der Waals surface area contributed by atoms with Crippen LogP contribution in [-0.4, -0.2) is 0 Å². The first-order valence-corrected chi connectivity index (χ1v) is 25.0. The fraction of sp³-hybridized carbons (Fsp3) is 0.625. The second kappa shape index (κ2) is 29.2. The van der Waals surface area contributed by atoms with Gasteiger partial charge < -0.3 is 9.05 Å². The zero-order valence-electron chi connectivity index (χ0n) is 34.1. The monoisotopic (exact) mass is 763 g/mol. The highest BCUT2D eigenvalue weighted by molar-refractivity contribution is 8.55. The highest BCUT2D eigenvalue weighted by Gasteiger charge is 2.33. The Labute approximate surface area is 330 Å². The molecule has 0 spiro atoms. The molecule has 0 fully saturated rings. The van der Waals surface area contributed by atoms with E-state index < -0.39 is 6.80 Å². The Bertz CT molecular complexity index is 1230. The number of unbranched alkanes of at least 4 members (excludes halogenated alkanes) is 21. The standard InChI is InChI=1S/C48H75O3PS/c1-4-7-10-13-16-19-22-25-34-43-36-28-31-40-46(43)50-52(49,51-47-41-32-29-37-44(47)35-26-23-20-17-14-11-8-5-2)53-48-42-33-30-39-45(48)38-27-24-21-18-15-12-9-6-3/h28-33,36-37,39-42H,4-27,34-35,38H2,1-3H3. The fourth-order valence-electron chi connectivity index (χ4n) is 7.16. The van der Waals surface area contributed by atoms with E-state index in [-0.39, 0.29) is 0 Å². The molecule has 3 aromatic carbocycles. The number of hydrogen-bond acceptors (Lipinski definition) is 4. The summed E-state index contributed by atoms with van der Waals surface area (Å²) in [5.41, 5.74) is 3.46. The highest BCUT2D eigenvalue weighted by Crippen LogP contribution is 2.64. The molecule has 5 heteroatoms. The van der Waals surface area contributed by atoms with Crippen LogP contribution in [0.25, 0.3) is 0 Å². The van der Waals surface area contributed by atoms with Crippen LogP contribution in [0.15, 0.2) is 77.7 Å². The van der Waals surface area contributed by atoms with E-state index in [0.717, 1.165) is 54.5 Å². The number of aryl methyl sites for hydroxylation is 3. The van der Waals surface area contributed by atoms with E-state index in [1.165, 1.54) is 152 Å². The minimum Gasteiger partial charge on any atom is -0.408 e. The summed E-state index contributed by atoms with van der Waals surface area (Å²) in [6.45, 7) is 3.09. The molecule has 53 heavy (non-hydrogen) atoms. The van der Waals surface area contributed by atoms with Crippen LogP contribution in [0, 0.1) is 0 Å². The van der Waals surface area contributed by atoms with Crippen LogP contribution < -0.4 is 9.05 Å². The van der Waals surface area contributed by atoms with Crippen LogP contribution in [-0.2, 0) is 23.8 Å². The molecule has 3 nitrogen and oxygen atoms in total. The van der Waals surface area contributed by atoms with Gasteiger partial charge in [0.15, 0.2) is 0 Å². The lowest BCUT2D eigenvalue weighted by molar-refractivity contribution is 0.403. The SMILES string of the molecule is CCCCCCCCCCc1ccccc1OP(=O)(Oc1ccccc1CCCCCCCCCC)Sc1ccccc1CCCCCCCCCC. The van der Waals surface area contributed by atoms with Crippen molar-refractivity contribution >= 4 is 18.2 Å². The summed E-state index contributed by atoms with van der Waals surface area (Å²) in [6.07, 6.45) is 33.6. The van der Waals surface area contributed by atoms with Gasteiger partial charge in [0.05, 0.1) is 0 Å². The Balaban J connectivity index is 1.73. The van der Waals surface area contributed by atoms with E-state index in [9.17, 15) is 0 Å². The van der Waals surface area contributed by atoms with Gasteiger partial charge in [0.2, 0.25) is 0 Å². The molecule has 0 aliphatic heterocycles. The van der Waals surface area contributed by atoms with Crippen LogP contribution in [0.3, 0.4) is 0 Å². The Morgan fingerprint density at radius 2 is 0.698 bits per heavy atom. The molecule has 0 amide bonds. The molecule has 0 aliphatic carbocycles. The van der Waals surface area contributed by atoms with Crippen molar-refractivity contribution in [3.63, 3.8) is 0 Å². The van der Waals surface area contributed by atoms with Gasteiger partial charge in [-0.2, -0.15) is 0 Å². The molecule has 0 saturated heterocycles. The maximum Gasteiger partial charge on any atom is 0.497 e. The number of benzene rings is 3. The highest BCUT2D eigenvalue weighted by atomic mass is 32.7. The summed E-state index contributed by atoms with van der Waals surface area (Å²) < 4.78 is 28.5. The number of hydrogen-bond donors (Lipinski definition) is 0. The number of para-hydroxylation sites is 2. The first kappa shape index (κ1) is 45.2. The topological polar surface area (TPSA) is 35.5 Å². The average molecular weight is 763 g/mol. The molecule has 0 radical (unpaired) electrons. The zero-order chi connectivity index (χ0) is 37.7. The summed E-state index contributed by atoms with van der Waals surface area (Å²) in [5.74, 6) is 1.37. The summed E-state index contributed by atoms with van der Waals surface area (Å²) in [5, 5.41) is 0. The Morgan fingerprint density at radius 3 is 1.09 bits per heavy atom. The van der Waals surface area contributed by atoms with Gasteiger partial charge in [0.1, 0.15) is 11.5 Å². The lowest BCUT2D eigenvalue weighted by Gasteiger charge is -2.23. The smallest absolute Gasteiger partial charge is 0.408 e. The largest absolute Gasteiger partial charge is 0.497 e. The van der Waals surface area contributed by atoms with E-state index in [0.29, 0.717) is 11.5 Å². The third kappa shape index (κ3) is 19.8. The lowest BCUT2D eigenvalue weighted by Crippen LogP contribution is -2.03. The van der Waals surface area contributed by atoms with Crippen molar-refractivity contribution in [3.8, 4) is 11.5 Å². The summed E-state index contributed by atoms with van der Waals surface area (Å²) in [4.78, 5) is 1.000. The van der Waals surface area contributed by atoms with Crippen LogP contribution in [0.2, 0.25) is 0 Å². The molecule has 0 aromatic heterocycles. The first-order chi connectivity index (χ1) is 26.1. The second-order valence-electron chi connectivity index (χ2n) is 15.2. The molecule has 0 saturated carbocycles.